The highest BCUT2D eigenvalue weighted by atomic mass is 16.5. The van der Waals surface area contributed by atoms with Gasteiger partial charge in [-0.25, -0.2) is 0 Å². The van der Waals surface area contributed by atoms with Gasteiger partial charge < -0.3 is 4.74 Å². The van der Waals surface area contributed by atoms with Crippen molar-refractivity contribution in [1.29, 1.82) is 0 Å². The van der Waals surface area contributed by atoms with Crippen LogP contribution in [0.25, 0.3) is 0 Å². The zero-order valence-corrected chi connectivity index (χ0v) is 6.92. The van der Waals surface area contributed by atoms with Gasteiger partial charge in [0, 0.05) is 0 Å². The smallest absolute Gasteiger partial charge is 0.129 e. The molecule has 0 N–H and O–H groups in total. The van der Waals surface area contributed by atoms with Crippen LogP contribution in [-0.2, 0) is 0 Å². The zero-order valence-electron chi connectivity index (χ0n) is 6.92. The number of rotatable bonds is 2. The van der Waals surface area contributed by atoms with Crippen molar-refractivity contribution in [3.05, 3.63) is 42.2 Å². The maximum atomic E-state index is 5.35. The minimum absolute atomic E-state index is 0.722. The van der Waals surface area contributed by atoms with E-state index in [0.717, 1.165) is 17.1 Å². The third-order valence-corrected chi connectivity index (χ3v) is 1.38. The fourth-order valence-corrected chi connectivity index (χ4v) is 0.859. The predicted molar refractivity (Wildman–Crippen MR) is 46.6 cm³/mol. The third-order valence-electron chi connectivity index (χ3n) is 1.38. The van der Waals surface area contributed by atoms with E-state index in [9.17, 15) is 0 Å². The summed E-state index contributed by atoms with van der Waals surface area (Å²) in [6.07, 6.45) is 0. The molecule has 0 amide bonds. The fraction of sp³-hybridized carbons (Fsp3) is 0.200. The zero-order chi connectivity index (χ0) is 8.27. The first kappa shape index (κ1) is 7.86. The van der Waals surface area contributed by atoms with Crippen molar-refractivity contribution >= 4 is 0 Å². The molecule has 1 aromatic carbocycles. The molecular weight excluding hydrogens is 136 g/mol. The van der Waals surface area contributed by atoms with E-state index >= 15 is 0 Å². The Labute approximate surface area is 67.3 Å². The molecule has 0 bridgehead atoms. The molecule has 0 unspecified atom stereocenters. The lowest BCUT2D eigenvalue weighted by Crippen LogP contribution is -1.90. The lowest BCUT2D eigenvalue weighted by atomic mass is 10.2. The summed E-state index contributed by atoms with van der Waals surface area (Å²) in [4.78, 5) is 0. The molecule has 0 heterocycles. The molecule has 0 aliphatic carbocycles. The molecule has 0 saturated heterocycles. The monoisotopic (exact) mass is 148 g/mol. The van der Waals surface area contributed by atoms with E-state index in [1.807, 2.05) is 38.1 Å². The van der Waals surface area contributed by atoms with E-state index in [1.165, 1.54) is 0 Å². The molecule has 0 radical (unpaired) electrons. The van der Waals surface area contributed by atoms with Crippen molar-refractivity contribution in [2.45, 2.75) is 13.8 Å². The quantitative estimate of drug-likeness (QED) is 0.586. The molecule has 1 aromatic rings. The lowest BCUT2D eigenvalue weighted by Gasteiger charge is -2.06. The molecule has 0 fully saturated rings. The van der Waals surface area contributed by atoms with Crippen LogP contribution in [0, 0.1) is 6.92 Å². The fourth-order valence-electron chi connectivity index (χ4n) is 0.859. The average Bonchev–Trinajstić information content (AvgIpc) is 1.93. The first-order valence-corrected chi connectivity index (χ1v) is 3.59. The van der Waals surface area contributed by atoms with Crippen LogP contribution in [0.2, 0.25) is 0 Å². The molecule has 0 aromatic heterocycles. The van der Waals surface area contributed by atoms with E-state index in [-0.39, 0.29) is 0 Å². The second-order valence-electron chi connectivity index (χ2n) is 2.57. The van der Waals surface area contributed by atoms with Gasteiger partial charge in [0.2, 0.25) is 0 Å². The van der Waals surface area contributed by atoms with Gasteiger partial charge >= 0.3 is 0 Å². The van der Waals surface area contributed by atoms with Gasteiger partial charge in [-0.2, -0.15) is 0 Å². The van der Waals surface area contributed by atoms with Crippen LogP contribution in [0.1, 0.15) is 12.5 Å². The predicted octanol–water partition coefficient (Wildman–Crippen LogP) is 2.91. The topological polar surface area (TPSA) is 9.23 Å². The highest BCUT2D eigenvalue weighted by Gasteiger charge is 1.95. The molecule has 1 nitrogen and oxygen atoms in total. The minimum Gasteiger partial charge on any atom is -0.462 e. The summed E-state index contributed by atoms with van der Waals surface area (Å²) in [5.74, 6) is 1.61. The number of benzene rings is 1. The third kappa shape index (κ3) is 2.11. The SMILES string of the molecule is C=C(C)Oc1ccccc1C. The largest absolute Gasteiger partial charge is 0.462 e. The molecule has 11 heavy (non-hydrogen) atoms. The van der Waals surface area contributed by atoms with Gasteiger partial charge in [0.05, 0.1) is 5.76 Å². The van der Waals surface area contributed by atoms with Crippen molar-refractivity contribution in [3.63, 3.8) is 0 Å². The molecule has 58 valence electrons. The highest BCUT2D eigenvalue weighted by molar-refractivity contribution is 5.32. The summed E-state index contributed by atoms with van der Waals surface area (Å²) >= 11 is 0. The maximum Gasteiger partial charge on any atom is 0.129 e. The Kier molecular flexibility index (Phi) is 2.32. The Morgan fingerprint density at radius 1 is 1.36 bits per heavy atom. The van der Waals surface area contributed by atoms with Gasteiger partial charge in [0.15, 0.2) is 0 Å². The second kappa shape index (κ2) is 3.24. The summed E-state index contributed by atoms with van der Waals surface area (Å²) in [5.41, 5.74) is 1.13. The molecule has 1 heteroatoms. The van der Waals surface area contributed by atoms with E-state index < -0.39 is 0 Å². The maximum absolute atomic E-state index is 5.35. The van der Waals surface area contributed by atoms with Crippen LogP contribution < -0.4 is 4.74 Å². The normalized spacial score (nSPS) is 9.27. The minimum atomic E-state index is 0.722. The second-order valence-corrected chi connectivity index (χ2v) is 2.57. The van der Waals surface area contributed by atoms with Crippen molar-refractivity contribution < 1.29 is 4.74 Å². The number of hydrogen-bond acceptors (Lipinski definition) is 1. The summed E-state index contributed by atoms with van der Waals surface area (Å²) < 4.78 is 5.35. The van der Waals surface area contributed by atoms with Crippen LogP contribution in [0.15, 0.2) is 36.6 Å². The van der Waals surface area contributed by atoms with E-state index in [1.54, 1.807) is 0 Å². The van der Waals surface area contributed by atoms with Crippen molar-refractivity contribution in [3.8, 4) is 5.75 Å². The molecule has 0 atom stereocenters. The van der Waals surface area contributed by atoms with Gasteiger partial charge in [-0.3, -0.25) is 0 Å². The van der Waals surface area contributed by atoms with Crippen LogP contribution >= 0.6 is 0 Å². The Morgan fingerprint density at radius 2 is 2.00 bits per heavy atom. The summed E-state index contributed by atoms with van der Waals surface area (Å²) in [6, 6.07) is 7.88. The number of hydrogen-bond donors (Lipinski definition) is 0. The summed E-state index contributed by atoms with van der Waals surface area (Å²) in [6.45, 7) is 7.52. The van der Waals surface area contributed by atoms with Crippen LogP contribution in [0.4, 0.5) is 0 Å². The molecular formula is C10H12O. The van der Waals surface area contributed by atoms with Gasteiger partial charge in [0.1, 0.15) is 5.75 Å². The van der Waals surface area contributed by atoms with Gasteiger partial charge in [-0.15, -0.1) is 0 Å². The van der Waals surface area contributed by atoms with Crippen LogP contribution in [0.3, 0.4) is 0 Å². The molecule has 0 saturated carbocycles. The van der Waals surface area contributed by atoms with E-state index in [2.05, 4.69) is 6.58 Å². The van der Waals surface area contributed by atoms with Gasteiger partial charge in [-0.1, -0.05) is 24.8 Å². The number of para-hydroxylation sites is 1. The average molecular weight is 148 g/mol. The van der Waals surface area contributed by atoms with E-state index in [4.69, 9.17) is 4.74 Å². The standard InChI is InChI=1S/C10H12O/c1-8(2)11-10-7-5-4-6-9(10)3/h4-7H,1H2,2-3H3. The van der Waals surface area contributed by atoms with Crippen molar-refractivity contribution in [2.75, 3.05) is 0 Å². The lowest BCUT2D eigenvalue weighted by molar-refractivity contribution is 0.427. The number of ether oxygens (including phenoxy) is 1. The Morgan fingerprint density at radius 3 is 2.55 bits per heavy atom. The Bertz CT molecular complexity index is 263. The molecule has 0 aliphatic heterocycles. The Balaban J connectivity index is 2.86. The molecule has 0 aliphatic rings. The summed E-state index contributed by atoms with van der Waals surface area (Å²) in [7, 11) is 0. The first-order valence-electron chi connectivity index (χ1n) is 3.59. The van der Waals surface area contributed by atoms with Crippen molar-refractivity contribution in [1.82, 2.24) is 0 Å². The molecule has 0 spiro atoms. The van der Waals surface area contributed by atoms with Crippen LogP contribution in [0.5, 0.6) is 5.75 Å². The van der Waals surface area contributed by atoms with Gasteiger partial charge in [-0.05, 0) is 25.5 Å². The van der Waals surface area contributed by atoms with Crippen molar-refractivity contribution in [2.24, 2.45) is 0 Å². The number of allylic oxidation sites excluding steroid dienone is 1. The Hall–Kier alpha value is -1.24. The summed E-state index contributed by atoms with van der Waals surface area (Å²) in [5, 5.41) is 0. The first-order chi connectivity index (χ1) is 5.20. The van der Waals surface area contributed by atoms with Crippen LogP contribution in [-0.4, -0.2) is 0 Å². The highest BCUT2D eigenvalue weighted by Crippen LogP contribution is 2.17. The van der Waals surface area contributed by atoms with E-state index in [0.29, 0.717) is 0 Å². The molecule has 1 rings (SSSR count). The van der Waals surface area contributed by atoms with Gasteiger partial charge in [0.25, 0.3) is 0 Å². The number of aryl methyl sites for hydroxylation is 1.